The molecule has 0 spiro atoms. The molecular weight excluding hydrogens is 432 g/mol. The Hall–Kier alpha value is -3.64. The molecule has 0 saturated carbocycles. The molecule has 0 radical (unpaired) electrons. The molecule has 0 fully saturated rings. The second-order valence-corrected chi connectivity index (χ2v) is 10.1. The third-order valence-electron chi connectivity index (χ3n) is 7.98. The van der Waals surface area contributed by atoms with E-state index < -0.39 is 0 Å². The summed E-state index contributed by atoms with van der Waals surface area (Å²) in [6.07, 6.45) is 8.81. The van der Waals surface area contributed by atoms with E-state index in [2.05, 4.69) is 137 Å². The van der Waals surface area contributed by atoms with Gasteiger partial charge in [-0.1, -0.05) is 130 Å². The van der Waals surface area contributed by atoms with Gasteiger partial charge in [-0.15, -0.1) is 0 Å². The van der Waals surface area contributed by atoms with Crippen molar-refractivity contribution < 1.29 is 0 Å². The first-order chi connectivity index (χ1) is 17.6. The molecule has 4 aromatic carbocycles. The zero-order valence-electron chi connectivity index (χ0n) is 22.0. The summed E-state index contributed by atoms with van der Waals surface area (Å²) in [5, 5.41) is 0. The lowest BCUT2D eigenvalue weighted by molar-refractivity contribution is 0.662. The van der Waals surface area contributed by atoms with Crippen molar-refractivity contribution in [3.8, 4) is 11.1 Å². The fourth-order valence-electron chi connectivity index (χ4n) is 6.35. The maximum atomic E-state index is 4.29. The minimum Gasteiger partial charge on any atom is -0.0984 e. The van der Waals surface area contributed by atoms with Crippen LogP contribution in [0.5, 0.6) is 0 Å². The first-order valence-electron chi connectivity index (χ1n) is 13.3. The number of hydrogen-bond acceptors (Lipinski definition) is 0. The van der Waals surface area contributed by atoms with Gasteiger partial charge < -0.3 is 0 Å². The highest BCUT2D eigenvalue weighted by molar-refractivity contribution is 5.94. The Bertz CT molecular complexity index is 1380. The van der Waals surface area contributed by atoms with Crippen molar-refractivity contribution in [1.29, 1.82) is 0 Å². The molecule has 1 aliphatic carbocycles. The number of fused-ring (bicyclic) bond motifs is 3. The van der Waals surface area contributed by atoms with Gasteiger partial charge in [-0.2, -0.15) is 0 Å². The van der Waals surface area contributed by atoms with E-state index in [0.29, 0.717) is 5.92 Å². The highest BCUT2D eigenvalue weighted by Gasteiger charge is 2.47. The summed E-state index contributed by atoms with van der Waals surface area (Å²) in [5.41, 5.74) is 12.8. The monoisotopic (exact) mass is 468 g/mol. The molecule has 4 aromatic rings. The van der Waals surface area contributed by atoms with Gasteiger partial charge in [0.05, 0.1) is 5.41 Å². The summed E-state index contributed by atoms with van der Waals surface area (Å²) in [6, 6.07) is 31.8. The van der Waals surface area contributed by atoms with Crippen LogP contribution < -0.4 is 0 Å². The van der Waals surface area contributed by atoms with Crippen molar-refractivity contribution in [2.75, 3.05) is 0 Å². The van der Waals surface area contributed by atoms with E-state index in [-0.39, 0.29) is 5.41 Å². The molecule has 0 aromatic heterocycles. The van der Waals surface area contributed by atoms with Gasteiger partial charge in [0.1, 0.15) is 0 Å². The normalized spacial score (nSPS) is 14.4. The van der Waals surface area contributed by atoms with E-state index in [9.17, 15) is 0 Å². The smallest absolute Gasteiger partial charge is 0.0713 e. The van der Waals surface area contributed by atoms with Gasteiger partial charge >= 0.3 is 0 Å². The molecule has 1 aliphatic rings. The number of hydrogen-bond donors (Lipinski definition) is 0. The summed E-state index contributed by atoms with van der Waals surface area (Å²) in [7, 11) is 0. The molecular formula is C36H36. The lowest BCUT2D eigenvalue weighted by Gasteiger charge is -2.34. The highest BCUT2D eigenvalue weighted by Crippen LogP contribution is 2.58. The maximum absolute atomic E-state index is 4.29. The van der Waals surface area contributed by atoms with E-state index in [1.54, 1.807) is 0 Å². The largest absolute Gasteiger partial charge is 0.0984 e. The van der Waals surface area contributed by atoms with E-state index in [0.717, 1.165) is 0 Å². The second-order valence-electron chi connectivity index (χ2n) is 10.1. The van der Waals surface area contributed by atoms with Crippen LogP contribution in [0, 0.1) is 6.92 Å². The van der Waals surface area contributed by atoms with Crippen molar-refractivity contribution in [2.24, 2.45) is 0 Å². The van der Waals surface area contributed by atoms with Crippen molar-refractivity contribution >= 4 is 12.2 Å². The SMILES string of the molecule is C=Cc1c(/C=C\C)c(C)cc2c1-c1ccc([C@H](C)CCC)cc1C2(c1ccccc1)c1ccccc1. The fraction of sp³-hybridized carbons (Fsp3) is 0.222. The molecule has 5 rings (SSSR count). The van der Waals surface area contributed by atoms with Gasteiger partial charge in [-0.05, 0) is 81.8 Å². The van der Waals surface area contributed by atoms with Crippen molar-refractivity contribution in [3.63, 3.8) is 0 Å². The summed E-state index contributed by atoms with van der Waals surface area (Å²) in [6.45, 7) is 13.3. The average molecular weight is 469 g/mol. The maximum Gasteiger partial charge on any atom is 0.0713 e. The standard InChI is InChI=1S/C36H36/c1-6-15-25(4)27-21-22-32-33(24-27)36(28-17-11-9-12-18-28,29-19-13-10-14-20-29)34-23-26(5)31(16-7-2)30(8-3)35(32)34/h7-14,16-25H,3,6,15H2,1-2,4-5H3/b16-7-/t25-/m1/s1. The van der Waals surface area contributed by atoms with E-state index in [4.69, 9.17) is 0 Å². The van der Waals surface area contributed by atoms with Gasteiger partial charge in [-0.3, -0.25) is 0 Å². The Morgan fingerprint density at radius 1 is 0.833 bits per heavy atom. The Balaban J connectivity index is 1.98. The lowest BCUT2D eigenvalue weighted by atomic mass is 9.67. The van der Waals surface area contributed by atoms with Gasteiger partial charge in [0.2, 0.25) is 0 Å². The Labute approximate surface area is 217 Å². The van der Waals surface area contributed by atoms with E-state index in [1.807, 2.05) is 0 Å². The van der Waals surface area contributed by atoms with Crippen LogP contribution in [0.2, 0.25) is 0 Å². The number of benzene rings is 4. The molecule has 0 aliphatic heterocycles. The summed E-state index contributed by atoms with van der Waals surface area (Å²) >= 11 is 0. The van der Waals surface area contributed by atoms with Crippen molar-refractivity contribution in [1.82, 2.24) is 0 Å². The van der Waals surface area contributed by atoms with Crippen molar-refractivity contribution in [3.05, 3.63) is 142 Å². The van der Waals surface area contributed by atoms with Gasteiger partial charge in [0.25, 0.3) is 0 Å². The minimum absolute atomic E-state index is 0.383. The van der Waals surface area contributed by atoms with E-state index >= 15 is 0 Å². The third-order valence-corrected chi connectivity index (χ3v) is 7.98. The van der Waals surface area contributed by atoms with Gasteiger partial charge in [-0.25, -0.2) is 0 Å². The number of aryl methyl sites for hydroxylation is 1. The highest BCUT2D eigenvalue weighted by atomic mass is 14.5. The lowest BCUT2D eigenvalue weighted by Crippen LogP contribution is -2.29. The topological polar surface area (TPSA) is 0 Å². The predicted molar refractivity (Wildman–Crippen MR) is 157 cm³/mol. The second kappa shape index (κ2) is 9.78. The van der Waals surface area contributed by atoms with Gasteiger partial charge in [0.15, 0.2) is 0 Å². The van der Waals surface area contributed by atoms with Crippen LogP contribution in [-0.4, -0.2) is 0 Å². The molecule has 0 heterocycles. The van der Waals surface area contributed by atoms with Gasteiger partial charge in [0, 0.05) is 0 Å². The van der Waals surface area contributed by atoms with E-state index in [1.165, 1.54) is 68.5 Å². The minimum atomic E-state index is -0.383. The molecule has 36 heavy (non-hydrogen) atoms. The Kier molecular flexibility index (Phi) is 6.54. The van der Waals surface area contributed by atoms with Crippen LogP contribution in [0.15, 0.2) is 97.6 Å². The molecule has 180 valence electrons. The zero-order valence-corrected chi connectivity index (χ0v) is 22.0. The predicted octanol–water partition coefficient (Wildman–Crippen LogP) is 9.94. The average Bonchev–Trinajstić information content (AvgIpc) is 3.20. The molecule has 1 atom stereocenters. The van der Waals surface area contributed by atoms with Crippen LogP contribution in [0.25, 0.3) is 23.3 Å². The number of allylic oxidation sites excluding steroid dienone is 1. The first kappa shape index (κ1) is 24.1. The molecule has 0 nitrogen and oxygen atoms in total. The van der Waals surface area contributed by atoms with Crippen molar-refractivity contribution in [2.45, 2.75) is 51.9 Å². The Morgan fingerprint density at radius 2 is 1.47 bits per heavy atom. The Morgan fingerprint density at radius 3 is 2.03 bits per heavy atom. The summed E-state index contributed by atoms with van der Waals surface area (Å²) in [5.74, 6) is 0.521. The first-order valence-corrected chi connectivity index (χ1v) is 13.3. The summed E-state index contributed by atoms with van der Waals surface area (Å²) in [4.78, 5) is 0. The number of rotatable bonds is 7. The molecule has 0 bridgehead atoms. The molecule has 0 amide bonds. The van der Waals surface area contributed by atoms with Crippen LogP contribution in [0.3, 0.4) is 0 Å². The zero-order chi connectivity index (χ0) is 25.3. The fourth-order valence-corrected chi connectivity index (χ4v) is 6.35. The van der Waals surface area contributed by atoms with Crippen LogP contribution in [0.1, 0.15) is 84.0 Å². The summed E-state index contributed by atoms with van der Waals surface area (Å²) < 4.78 is 0. The van der Waals surface area contributed by atoms with Crippen LogP contribution >= 0.6 is 0 Å². The molecule has 0 heteroatoms. The third kappa shape index (κ3) is 3.59. The molecule has 0 unspecified atom stereocenters. The molecule has 0 saturated heterocycles. The molecule has 0 N–H and O–H groups in total. The quantitative estimate of drug-likeness (QED) is 0.223. The van der Waals surface area contributed by atoms with Crippen LogP contribution in [0.4, 0.5) is 0 Å². The van der Waals surface area contributed by atoms with Crippen LogP contribution in [-0.2, 0) is 5.41 Å².